The summed E-state index contributed by atoms with van der Waals surface area (Å²) < 4.78 is 6.55. The molecule has 0 bridgehead atoms. The van der Waals surface area contributed by atoms with Crippen LogP contribution in [-0.4, -0.2) is 17.5 Å². The van der Waals surface area contributed by atoms with Gasteiger partial charge in [-0.15, -0.1) is 23.5 Å². The summed E-state index contributed by atoms with van der Waals surface area (Å²) in [5.41, 5.74) is 1.50. The number of benzene rings is 1. The topological polar surface area (TPSA) is 26.3 Å². The Hall–Kier alpha value is -0.840. The average Bonchev–Trinajstić information content (AvgIpc) is 2.93. The van der Waals surface area contributed by atoms with Crippen LogP contribution in [0.3, 0.4) is 0 Å². The maximum Gasteiger partial charge on any atom is 0.340 e. The molecule has 1 atom stereocenters. The van der Waals surface area contributed by atoms with Crippen molar-refractivity contribution in [1.29, 1.82) is 0 Å². The van der Waals surface area contributed by atoms with E-state index in [-0.39, 0.29) is 12.1 Å². The lowest BCUT2D eigenvalue weighted by atomic mass is 10.1. The Bertz CT molecular complexity index is 573. The van der Waals surface area contributed by atoms with Crippen LogP contribution < -0.4 is 0 Å². The molecule has 1 aromatic rings. The van der Waals surface area contributed by atoms with E-state index in [2.05, 4.69) is 0 Å². The Kier molecular flexibility index (Phi) is 3.91. The largest absolute Gasteiger partial charge is 0.449 e. The highest BCUT2D eigenvalue weighted by molar-refractivity contribution is 8.25. The summed E-state index contributed by atoms with van der Waals surface area (Å²) >= 11 is 9.56. The summed E-state index contributed by atoms with van der Waals surface area (Å²) in [6.45, 7) is 0. The van der Waals surface area contributed by atoms with E-state index in [0.29, 0.717) is 10.6 Å². The Labute approximate surface area is 125 Å². The Balaban J connectivity index is 1.90. The van der Waals surface area contributed by atoms with Crippen molar-refractivity contribution in [1.82, 2.24) is 0 Å². The van der Waals surface area contributed by atoms with Crippen LogP contribution in [0.2, 0.25) is 5.02 Å². The second-order valence-corrected chi connectivity index (χ2v) is 6.98. The molecular formula is C14H11ClO2S2. The standard InChI is InChI=1S/C14H11ClO2S2/c15-11-4-2-1-3-9(11)12-6-5-10(13(16)17-12)14-18-7-8-19-14/h1-6,12H,7-8H2. The lowest BCUT2D eigenvalue weighted by Gasteiger charge is -2.21. The second-order valence-electron chi connectivity index (χ2n) is 4.10. The minimum atomic E-state index is -0.387. The molecular weight excluding hydrogens is 300 g/mol. The van der Waals surface area contributed by atoms with E-state index in [4.69, 9.17) is 16.3 Å². The van der Waals surface area contributed by atoms with Crippen LogP contribution >= 0.6 is 35.1 Å². The van der Waals surface area contributed by atoms with E-state index < -0.39 is 0 Å². The third-order valence-corrected chi connectivity index (χ3v) is 5.96. The molecule has 1 unspecified atom stereocenters. The fourth-order valence-corrected chi connectivity index (χ4v) is 4.69. The number of carbonyl (C=O) groups is 1. The molecule has 1 fully saturated rings. The first-order valence-corrected chi connectivity index (χ1v) is 8.24. The first-order valence-electron chi connectivity index (χ1n) is 5.89. The number of halogens is 1. The van der Waals surface area contributed by atoms with E-state index in [0.717, 1.165) is 21.3 Å². The van der Waals surface area contributed by atoms with Gasteiger partial charge < -0.3 is 4.74 Å². The van der Waals surface area contributed by atoms with E-state index in [1.54, 1.807) is 29.6 Å². The average molecular weight is 311 g/mol. The van der Waals surface area contributed by atoms with Gasteiger partial charge in [0.1, 0.15) is 6.10 Å². The molecule has 0 saturated carbocycles. The molecule has 19 heavy (non-hydrogen) atoms. The molecule has 0 radical (unpaired) electrons. The number of rotatable bonds is 1. The van der Waals surface area contributed by atoms with Crippen LogP contribution in [0.5, 0.6) is 0 Å². The first kappa shape index (κ1) is 13.2. The molecule has 98 valence electrons. The number of thioether (sulfide) groups is 2. The number of carbonyl (C=O) groups excluding carboxylic acids is 1. The number of cyclic esters (lactones) is 1. The van der Waals surface area contributed by atoms with Crippen molar-refractivity contribution in [3.8, 4) is 0 Å². The quantitative estimate of drug-likeness (QED) is 0.574. The van der Waals surface area contributed by atoms with Crippen molar-refractivity contribution in [2.45, 2.75) is 6.10 Å². The number of esters is 1. The highest BCUT2D eigenvalue weighted by atomic mass is 35.5. The molecule has 2 aliphatic rings. The molecule has 1 aromatic carbocycles. The summed E-state index contributed by atoms with van der Waals surface area (Å²) in [5, 5.41) is 0.616. The Morgan fingerprint density at radius 1 is 1.21 bits per heavy atom. The lowest BCUT2D eigenvalue weighted by Crippen LogP contribution is -2.16. The zero-order valence-corrected chi connectivity index (χ0v) is 12.4. The molecule has 0 N–H and O–H groups in total. The maximum atomic E-state index is 12.1. The van der Waals surface area contributed by atoms with Gasteiger partial charge in [0.2, 0.25) is 0 Å². The predicted octanol–water partition coefficient (Wildman–Crippen LogP) is 4.19. The van der Waals surface area contributed by atoms with Gasteiger partial charge >= 0.3 is 5.97 Å². The third-order valence-electron chi connectivity index (χ3n) is 2.87. The molecule has 0 aromatic heterocycles. The Morgan fingerprint density at radius 2 is 1.95 bits per heavy atom. The zero-order valence-electron chi connectivity index (χ0n) is 9.97. The van der Waals surface area contributed by atoms with Gasteiger partial charge in [0.05, 0.1) is 9.81 Å². The summed E-state index contributed by atoms with van der Waals surface area (Å²) in [7, 11) is 0. The smallest absolute Gasteiger partial charge is 0.340 e. The van der Waals surface area contributed by atoms with Crippen molar-refractivity contribution in [3.05, 3.63) is 56.8 Å². The molecule has 2 aliphatic heterocycles. The van der Waals surface area contributed by atoms with Crippen LogP contribution in [0.1, 0.15) is 11.7 Å². The summed E-state index contributed by atoms with van der Waals surface area (Å²) in [5.74, 6) is 1.85. The van der Waals surface area contributed by atoms with Gasteiger partial charge in [-0.1, -0.05) is 29.8 Å². The molecule has 0 spiro atoms. The first-order chi connectivity index (χ1) is 9.25. The highest BCUT2D eigenvalue weighted by Gasteiger charge is 2.26. The van der Waals surface area contributed by atoms with E-state index >= 15 is 0 Å². The summed E-state index contributed by atoms with van der Waals surface area (Å²) in [6, 6.07) is 7.43. The van der Waals surface area contributed by atoms with Gasteiger partial charge in [-0.2, -0.15) is 0 Å². The van der Waals surface area contributed by atoms with Crippen LogP contribution in [0.25, 0.3) is 0 Å². The highest BCUT2D eigenvalue weighted by Crippen LogP contribution is 2.41. The second kappa shape index (κ2) is 5.65. The van der Waals surface area contributed by atoms with Gasteiger partial charge in [0.25, 0.3) is 0 Å². The summed E-state index contributed by atoms with van der Waals surface area (Å²) in [6.07, 6.45) is 3.37. The number of ether oxygens (including phenoxy) is 1. The van der Waals surface area contributed by atoms with Gasteiger partial charge in [0.15, 0.2) is 0 Å². The van der Waals surface area contributed by atoms with Crippen molar-refractivity contribution in [2.24, 2.45) is 0 Å². The van der Waals surface area contributed by atoms with Crippen molar-refractivity contribution >= 4 is 41.1 Å². The number of hydrogen-bond acceptors (Lipinski definition) is 4. The van der Waals surface area contributed by atoms with Crippen molar-refractivity contribution < 1.29 is 9.53 Å². The monoisotopic (exact) mass is 310 g/mol. The molecule has 0 amide bonds. The van der Waals surface area contributed by atoms with E-state index in [1.807, 2.05) is 30.4 Å². The normalized spacial score (nSPS) is 22.8. The van der Waals surface area contributed by atoms with Gasteiger partial charge in [0, 0.05) is 22.1 Å². The fourth-order valence-electron chi connectivity index (χ4n) is 1.96. The fraction of sp³-hybridized carbons (Fsp3) is 0.214. The van der Waals surface area contributed by atoms with Gasteiger partial charge in [-0.05, 0) is 18.2 Å². The number of hydrogen-bond donors (Lipinski definition) is 0. The minimum Gasteiger partial charge on any atom is -0.449 e. The van der Waals surface area contributed by atoms with Crippen LogP contribution in [0.4, 0.5) is 0 Å². The van der Waals surface area contributed by atoms with Gasteiger partial charge in [-0.25, -0.2) is 4.79 Å². The van der Waals surface area contributed by atoms with E-state index in [1.165, 1.54) is 0 Å². The SMILES string of the molecule is O=C1OC(c2ccccc2Cl)C=CC1=C1SCCS1. The van der Waals surface area contributed by atoms with Gasteiger partial charge in [-0.3, -0.25) is 0 Å². The zero-order chi connectivity index (χ0) is 13.2. The lowest BCUT2D eigenvalue weighted by molar-refractivity contribution is -0.142. The molecule has 2 heterocycles. The predicted molar refractivity (Wildman–Crippen MR) is 81.4 cm³/mol. The van der Waals surface area contributed by atoms with Crippen LogP contribution in [0, 0.1) is 0 Å². The minimum absolute atomic E-state index is 0.260. The Morgan fingerprint density at radius 3 is 2.63 bits per heavy atom. The third kappa shape index (κ3) is 2.71. The molecule has 1 saturated heterocycles. The molecule has 0 aliphatic carbocycles. The molecule has 3 rings (SSSR count). The summed E-state index contributed by atoms with van der Waals surface area (Å²) in [4.78, 5) is 12.1. The maximum absolute atomic E-state index is 12.1. The van der Waals surface area contributed by atoms with Crippen molar-refractivity contribution in [2.75, 3.05) is 11.5 Å². The van der Waals surface area contributed by atoms with Crippen molar-refractivity contribution in [3.63, 3.8) is 0 Å². The molecule has 5 heteroatoms. The van der Waals surface area contributed by atoms with Crippen LogP contribution in [-0.2, 0) is 9.53 Å². The van der Waals surface area contributed by atoms with E-state index in [9.17, 15) is 4.79 Å². The van der Waals surface area contributed by atoms with Crippen LogP contribution in [0.15, 0.2) is 46.2 Å². The molecule has 2 nitrogen and oxygen atoms in total.